The molecule has 0 atom stereocenters. The molecule has 2 rings (SSSR count). The second-order valence-electron chi connectivity index (χ2n) is 5.94. The largest absolute Gasteiger partial charge is 0.497 e. The molecule has 0 aliphatic carbocycles. The van der Waals surface area contributed by atoms with E-state index in [1.165, 1.54) is 28.4 Å². The molecule has 0 aliphatic heterocycles. The third-order valence-corrected chi connectivity index (χ3v) is 3.91. The van der Waals surface area contributed by atoms with Crippen LogP contribution in [0.5, 0.6) is 23.0 Å². The van der Waals surface area contributed by atoms with Crippen molar-refractivity contribution in [2.24, 2.45) is 0 Å². The fraction of sp³-hybridized carbons (Fsp3) is 0.333. The zero-order valence-corrected chi connectivity index (χ0v) is 16.9. The molecule has 8 heteroatoms. The smallest absolute Gasteiger partial charge is 0.317 e. The lowest BCUT2D eigenvalue weighted by Gasteiger charge is -2.10. The Morgan fingerprint density at radius 2 is 0.897 bits per heavy atom. The van der Waals surface area contributed by atoms with Gasteiger partial charge in [0.25, 0.3) is 0 Å². The number of ether oxygens (including phenoxy) is 6. The molecule has 0 radical (unpaired) electrons. The van der Waals surface area contributed by atoms with Crippen molar-refractivity contribution in [1.29, 1.82) is 0 Å². The van der Waals surface area contributed by atoms with Crippen LogP contribution in [0, 0.1) is 0 Å². The van der Waals surface area contributed by atoms with Crippen LogP contribution in [0.2, 0.25) is 0 Å². The summed E-state index contributed by atoms with van der Waals surface area (Å²) in [5.41, 5.74) is 1.35. The van der Waals surface area contributed by atoms with E-state index < -0.39 is 18.4 Å². The Hall–Kier alpha value is -3.42. The van der Waals surface area contributed by atoms with Crippen LogP contribution in [0.1, 0.15) is 17.5 Å². The van der Waals surface area contributed by atoms with Gasteiger partial charge in [-0.05, 0) is 35.4 Å². The summed E-state index contributed by atoms with van der Waals surface area (Å²) in [6.07, 6.45) is -0.498. The van der Waals surface area contributed by atoms with Crippen LogP contribution >= 0.6 is 0 Å². The standard InChI is InChI=1S/C21H24O8/c1-24-16-5-14(6-17(9-16)25-2)12-28-20(22)11-21(23)29-13-15-7-18(26-3)10-19(8-15)27-4/h5-10H,11-13H2,1-4H3. The lowest BCUT2D eigenvalue weighted by molar-refractivity contribution is -0.156. The summed E-state index contributed by atoms with van der Waals surface area (Å²) in [4.78, 5) is 23.8. The molecule has 0 saturated carbocycles. The lowest BCUT2D eigenvalue weighted by atomic mass is 10.2. The first-order valence-corrected chi connectivity index (χ1v) is 8.72. The second kappa shape index (κ2) is 10.8. The van der Waals surface area contributed by atoms with Crippen LogP contribution in [0.4, 0.5) is 0 Å². The molecule has 29 heavy (non-hydrogen) atoms. The number of esters is 2. The highest BCUT2D eigenvalue weighted by atomic mass is 16.6. The third-order valence-electron chi connectivity index (χ3n) is 3.91. The molecule has 8 nitrogen and oxygen atoms in total. The van der Waals surface area contributed by atoms with Gasteiger partial charge in [0.15, 0.2) is 0 Å². The van der Waals surface area contributed by atoms with Crippen molar-refractivity contribution >= 4 is 11.9 Å². The highest BCUT2D eigenvalue weighted by molar-refractivity contribution is 5.91. The Balaban J connectivity index is 1.84. The highest BCUT2D eigenvalue weighted by Crippen LogP contribution is 2.24. The predicted octanol–water partition coefficient (Wildman–Crippen LogP) is 2.90. The Labute approximate surface area is 169 Å². The van der Waals surface area contributed by atoms with Crippen LogP contribution in [-0.2, 0) is 32.3 Å². The number of methoxy groups -OCH3 is 4. The summed E-state index contributed by atoms with van der Waals surface area (Å²) in [5.74, 6) is 0.902. The van der Waals surface area contributed by atoms with Gasteiger partial charge >= 0.3 is 11.9 Å². The van der Waals surface area contributed by atoms with Crippen molar-refractivity contribution in [3.05, 3.63) is 47.5 Å². The van der Waals surface area contributed by atoms with E-state index in [4.69, 9.17) is 28.4 Å². The quantitative estimate of drug-likeness (QED) is 0.441. The van der Waals surface area contributed by atoms with Crippen LogP contribution in [0.15, 0.2) is 36.4 Å². The van der Waals surface area contributed by atoms with Gasteiger partial charge in [-0.15, -0.1) is 0 Å². The van der Waals surface area contributed by atoms with Crippen LogP contribution in [0.3, 0.4) is 0 Å². The van der Waals surface area contributed by atoms with Crippen molar-refractivity contribution in [3.8, 4) is 23.0 Å². The van der Waals surface area contributed by atoms with Gasteiger partial charge < -0.3 is 28.4 Å². The van der Waals surface area contributed by atoms with Crippen molar-refractivity contribution in [3.63, 3.8) is 0 Å². The SMILES string of the molecule is COc1cc(COC(=O)CC(=O)OCc2cc(OC)cc(OC)c2)cc(OC)c1. The molecular weight excluding hydrogens is 380 g/mol. The fourth-order valence-corrected chi connectivity index (χ4v) is 2.45. The molecule has 0 spiro atoms. The first kappa shape index (κ1) is 21.9. The average Bonchev–Trinajstić information content (AvgIpc) is 2.75. The van der Waals surface area contributed by atoms with Gasteiger partial charge in [-0.3, -0.25) is 9.59 Å². The molecule has 0 heterocycles. The minimum absolute atomic E-state index is 0.0211. The van der Waals surface area contributed by atoms with E-state index in [-0.39, 0.29) is 13.2 Å². The number of hydrogen-bond acceptors (Lipinski definition) is 8. The number of hydrogen-bond donors (Lipinski definition) is 0. The summed E-state index contributed by atoms with van der Waals surface area (Å²) in [6.45, 7) is -0.0422. The van der Waals surface area contributed by atoms with E-state index in [0.29, 0.717) is 34.1 Å². The molecule has 2 aromatic rings. The Morgan fingerprint density at radius 3 is 1.17 bits per heavy atom. The molecule has 0 N–H and O–H groups in total. The van der Waals surface area contributed by atoms with E-state index in [0.717, 1.165) is 0 Å². The number of rotatable bonds is 10. The molecule has 156 valence electrons. The molecule has 0 unspecified atom stereocenters. The number of carbonyl (C=O) groups is 2. The minimum atomic E-state index is -0.694. The normalized spacial score (nSPS) is 10.1. The minimum Gasteiger partial charge on any atom is -0.497 e. The average molecular weight is 404 g/mol. The van der Waals surface area contributed by atoms with Crippen LogP contribution in [-0.4, -0.2) is 40.4 Å². The van der Waals surface area contributed by atoms with Gasteiger partial charge in [-0.2, -0.15) is 0 Å². The van der Waals surface area contributed by atoms with E-state index in [2.05, 4.69) is 0 Å². The lowest BCUT2D eigenvalue weighted by Crippen LogP contribution is -2.14. The number of benzene rings is 2. The highest BCUT2D eigenvalue weighted by Gasteiger charge is 2.14. The van der Waals surface area contributed by atoms with Gasteiger partial charge in [0.1, 0.15) is 42.6 Å². The monoisotopic (exact) mass is 404 g/mol. The summed E-state index contributed by atoms with van der Waals surface area (Å²) < 4.78 is 30.9. The second-order valence-corrected chi connectivity index (χ2v) is 5.94. The first-order chi connectivity index (χ1) is 14.0. The summed E-state index contributed by atoms with van der Waals surface area (Å²) in [5, 5.41) is 0. The molecule has 0 fully saturated rings. The van der Waals surface area contributed by atoms with Crippen LogP contribution in [0.25, 0.3) is 0 Å². The zero-order chi connectivity index (χ0) is 21.2. The van der Waals surface area contributed by atoms with E-state index in [1.807, 2.05) is 0 Å². The summed E-state index contributed by atoms with van der Waals surface area (Å²) in [7, 11) is 6.11. The van der Waals surface area contributed by atoms with Gasteiger partial charge in [-0.1, -0.05) is 0 Å². The first-order valence-electron chi connectivity index (χ1n) is 8.72. The van der Waals surface area contributed by atoms with E-state index in [1.54, 1.807) is 36.4 Å². The van der Waals surface area contributed by atoms with Crippen molar-refractivity contribution in [2.75, 3.05) is 28.4 Å². The van der Waals surface area contributed by atoms with Gasteiger partial charge in [0.05, 0.1) is 28.4 Å². The molecule has 0 bridgehead atoms. The Morgan fingerprint density at radius 1 is 0.586 bits per heavy atom. The third kappa shape index (κ3) is 6.91. The fourth-order valence-electron chi connectivity index (χ4n) is 2.45. The molecule has 0 amide bonds. The van der Waals surface area contributed by atoms with Gasteiger partial charge in [0, 0.05) is 12.1 Å². The Bertz CT molecular complexity index is 733. The van der Waals surface area contributed by atoms with E-state index >= 15 is 0 Å². The molecule has 0 saturated heterocycles. The summed E-state index contributed by atoms with van der Waals surface area (Å²) in [6, 6.07) is 10.3. The Kier molecular flexibility index (Phi) is 8.14. The topological polar surface area (TPSA) is 89.5 Å². The molecule has 0 aliphatic rings. The summed E-state index contributed by atoms with van der Waals surface area (Å²) >= 11 is 0. The van der Waals surface area contributed by atoms with Gasteiger partial charge in [-0.25, -0.2) is 0 Å². The van der Waals surface area contributed by atoms with E-state index in [9.17, 15) is 9.59 Å². The van der Waals surface area contributed by atoms with Crippen molar-refractivity contribution in [2.45, 2.75) is 19.6 Å². The van der Waals surface area contributed by atoms with Gasteiger partial charge in [0.2, 0.25) is 0 Å². The van der Waals surface area contributed by atoms with Crippen LogP contribution < -0.4 is 18.9 Å². The maximum Gasteiger partial charge on any atom is 0.317 e. The molecular formula is C21H24O8. The maximum atomic E-state index is 11.9. The van der Waals surface area contributed by atoms with Crippen molar-refractivity contribution < 1.29 is 38.0 Å². The zero-order valence-electron chi connectivity index (χ0n) is 16.9. The number of carbonyl (C=O) groups excluding carboxylic acids is 2. The van der Waals surface area contributed by atoms with Crippen molar-refractivity contribution in [1.82, 2.24) is 0 Å². The molecule has 2 aromatic carbocycles. The molecule has 0 aromatic heterocycles. The predicted molar refractivity (Wildman–Crippen MR) is 103 cm³/mol. The maximum absolute atomic E-state index is 11.9.